The normalized spacial score (nSPS) is 11.5. The summed E-state index contributed by atoms with van der Waals surface area (Å²) in [6.45, 7) is 11.4. The zero-order valence-electron chi connectivity index (χ0n) is 18.9. The van der Waals surface area contributed by atoms with Crippen molar-refractivity contribution in [3.63, 3.8) is 0 Å². The minimum absolute atomic E-state index is 0.0227. The number of aryl methyl sites for hydroxylation is 2. The molecule has 0 saturated heterocycles. The Morgan fingerprint density at radius 3 is 2.44 bits per heavy atom. The topological polar surface area (TPSA) is 79.6 Å². The Bertz CT molecular complexity index is 1130. The molecule has 0 unspecified atom stereocenters. The van der Waals surface area contributed by atoms with Crippen LogP contribution in [0.2, 0.25) is 0 Å². The molecule has 3 rings (SSSR count). The highest BCUT2D eigenvalue weighted by Gasteiger charge is 2.19. The van der Waals surface area contributed by atoms with Crippen LogP contribution < -0.4 is 4.90 Å². The molecule has 0 spiro atoms. The van der Waals surface area contributed by atoms with Gasteiger partial charge in [0.2, 0.25) is 0 Å². The zero-order chi connectivity index (χ0) is 23.3. The van der Waals surface area contributed by atoms with Crippen molar-refractivity contribution in [2.45, 2.75) is 27.7 Å². The summed E-state index contributed by atoms with van der Waals surface area (Å²) in [7, 11) is 0. The first-order chi connectivity index (χ1) is 15.3. The number of hydrogen-bond donors (Lipinski definition) is 0. The molecule has 1 amide bonds. The molecule has 8 heteroatoms. The average molecular weight is 453 g/mol. The summed E-state index contributed by atoms with van der Waals surface area (Å²) < 4.78 is 1.09. The molecule has 0 saturated carbocycles. The molecule has 1 aromatic heterocycles. The van der Waals surface area contributed by atoms with Crippen LogP contribution in [0.1, 0.15) is 30.5 Å². The second-order valence-electron chi connectivity index (χ2n) is 7.63. The molecule has 0 aliphatic carbocycles. The van der Waals surface area contributed by atoms with E-state index in [0.717, 1.165) is 46.5 Å². The number of nitro groups is 1. The number of non-ortho nitro benzene ring substituents is 1. The minimum Gasteiger partial charge on any atom is -0.302 e. The van der Waals surface area contributed by atoms with Crippen LogP contribution in [-0.2, 0) is 4.79 Å². The van der Waals surface area contributed by atoms with Gasteiger partial charge in [0.25, 0.3) is 11.6 Å². The number of aromatic nitrogens is 1. The van der Waals surface area contributed by atoms with Crippen molar-refractivity contribution in [1.29, 1.82) is 0 Å². The number of thiazole rings is 1. The first-order valence-electron chi connectivity index (χ1n) is 10.7. The van der Waals surface area contributed by atoms with E-state index in [9.17, 15) is 14.9 Å². The third kappa shape index (κ3) is 5.57. The highest BCUT2D eigenvalue weighted by Crippen LogP contribution is 2.32. The van der Waals surface area contributed by atoms with E-state index in [0.29, 0.717) is 11.7 Å². The van der Waals surface area contributed by atoms with Crippen LogP contribution >= 0.6 is 11.3 Å². The van der Waals surface area contributed by atoms with Gasteiger partial charge in [-0.3, -0.25) is 19.8 Å². The minimum atomic E-state index is -0.440. The third-order valence-electron chi connectivity index (χ3n) is 5.36. The number of benzene rings is 2. The average Bonchev–Trinajstić information content (AvgIpc) is 3.19. The lowest BCUT2D eigenvalue weighted by atomic mass is 10.1. The number of fused-ring (bicyclic) bond motifs is 1. The lowest BCUT2D eigenvalue weighted by Gasteiger charge is -2.23. The predicted octanol–water partition coefficient (Wildman–Crippen LogP) is 5.21. The van der Waals surface area contributed by atoms with Gasteiger partial charge in [-0.2, -0.15) is 0 Å². The molecule has 0 aliphatic heterocycles. The summed E-state index contributed by atoms with van der Waals surface area (Å²) in [5.41, 5.74) is 3.95. The molecule has 0 N–H and O–H groups in total. The number of carbonyl (C=O) groups excluding carboxylic acids is 1. The quantitative estimate of drug-likeness (QED) is 0.253. The third-order valence-corrected chi connectivity index (χ3v) is 6.59. The molecule has 168 valence electrons. The Kier molecular flexibility index (Phi) is 7.71. The predicted molar refractivity (Wildman–Crippen MR) is 131 cm³/mol. The molecule has 7 nitrogen and oxygen atoms in total. The summed E-state index contributed by atoms with van der Waals surface area (Å²) in [5, 5.41) is 11.5. The first-order valence-corrected chi connectivity index (χ1v) is 11.5. The van der Waals surface area contributed by atoms with Gasteiger partial charge in [0.15, 0.2) is 5.13 Å². The van der Waals surface area contributed by atoms with E-state index in [1.165, 1.54) is 29.5 Å². The van der Waals surface area contributed by atoms with E-state index in [1.807, 2.05) is 13.0 Å². The number of nitrogens with zero attached hydrogens (tertiary/aromatic N) is 4. The van der Waals surface area contributed by atoms with Crippen LogP contribution in [0.15, 0.2) is 42.5 Å². The van der Waals surface area contributed by atoms with Gasteiger partial charge in [-0.1, -0.05) is 31.3 Å². The Hall–Kier alpha value is -3.10. The number of nitro benzene ring substituents is 1. The Labute approximate surface area is 192 Å². The maximum atomic E-state index is 13.2. The van der Waals surface area contributed by atoms with Gasteiger partial charge in [-0.05, 0) is 67.9 Å². The Morgan fingerprint density at radius 2 is 1.81 bits per heavy atom. The van der Waals surface area contributed by atoms with Crippen molar-refractivity contribution in [3.8, 4) is 0 Å². The first kappa shape index (κ1) is 23.6. The molecule has 0 bridgehead atoms. The highest BCUT2D eigenvalue weighted by atomic mass is 32.1. The standard InChI is InChI=1S/C24H28N4O3S/c1-5-26(6-2)13-14-27(24-25-21-16-17(3)15-18(4)23(21)32-24)22(29)12-9-19-7-10-20(11-8-19)28(30)31/h7-12,15-16H,5-6,13-14H2,1-4H3/b12-9-. The lowest BCUT2D eigenvalue weighted by Crippen LogP contribution is -2.38. The smallest absolute Gasteiger partial charge is 0.269 e. The van der Waals surface area contributed by atoms with Crippen LogP contribution in [0.3, 0.4) is 0 Å². The van der Waals surface area contributed by atoms with Crippen LogP contribution in [-0.4, -0.2) is 46.9 Å². The van der Waals surface area contributed by atoms with Gasteiger partial charge < -0.3 is 4.90 Å². The summed E-state index contributed by atoms with van der Waals surface area (Å²) >= 11 is 1.53. The SMILES string of the molecule is CCN(CC)CCN(C(=O)/C=C\c1ccc([N+](=O)[O-])cc1)c1nc2cc(C)cc(C)c2s1. The van der Waals surface area contributed by atoms with Crippen molar-refractivity contribution in [2.24, 2.45) is 0 Å². The van der Waals surface area contributed by atoms with E-state index in [4.69, 9.17) is 4.98 Å². The molecule has 2 aromatic carbocycles. The van der Waals surface area contributed by atoms with Gasteiger partial charge >= 0.3 is 0 Å². The largest absolute Gasteiger partial charge is 0.302 e. The molecule has 32 heavy (non-hydrogen) atoms. The number of amides is 1. The van der Waals surface area contributed by atoms with Crippen LogP contribution in [0.4, 0.5) is 10.8 Å². The Morgan fingerprint density at radius 1 is 1.12 bits per heavy atom. The molecule has 0 aliphatic rings. The molecule has 0 fully saturated rings. The van der Waals surface area contributed by atoms with Gasteiger partial charge in [0.1, 0.15) is 0 Å². The molecule has 3 aromatic rings. The van der Waals surface area contributed by atoms with E-state index in [1.54, 1.807) is 23.1 Å². The van der Waals surface area contributed by atoms with E-state index >= 15 is 0 Å². The van der Waals surface area contributed by atoms with E-state index in [-0.39, 0.29) is 11.6 Å². The number of rotatable bonds is 9. The molecular formula is C24H28N4O3S. The fourth-order valence-corrected chi connectivity index (χ4v) is 4.57. The fraction of sp³-hybridized carbons (Fsp3) is 0.333. The van der Waals surface area contributed by atoms with Crippen LogP contribution in [0.5, 0.6) is 0 Å². The summed E-state index contributed by atoms with van der Waals surface area (Å²) in [6.07, 6.45) is 3.19. The summed E-state index contributed by atoms with van der Waals surface area (Å²) in [5.74, 6) is -0.163. The van der Waals surface area contributed by atoms with Crippen molar-refractivity contribution >= 4 is 44.4 Å². The van der Waals surface area contributed by atoms with E-state index in [2.05, 4.69) is 31.7 Å². The molecule has 0 atom stereocenters. The second-order valence-corrected chi connectivity index (χ2v) is 8.60. The zero-order valence-corrected chi connectivity index (χ0v) is 19.7. The highest BCUT2D eigenvalue weighted by molar-refractivity contribution is 7.22. The molecule has 0 radical (unpaired) electrons. The van der Waals surface area contributed by atoms with Gasteiger partial charge in [-0.15, -0.1) is 0 Å². The van der Waals surface area contributed by atoms with Gasteiger partial charge in [0, 0.05) is 31.3 Å². The van der Waals surface area contributed by atoms with Gasteiger partial charge in [0.05, 0.1) is 15.1 Å². The lowest BCUT2D eigenvalue weighted by molar-refractivity contribution is -0.384. The van der Waals surface area contributed by atoms with E-state index < -0.39 is 4.92 Å². The summed E-state index contributed by atoms with van der Waals surface area (Å²) in [4.78, 5) is 32.3. The number of hydrogen-bond acceptors (Lipinski definition) is 6. The van der Waals surface area contributed by atoms with Crippen molar-refractivity contribution in [1.82, 2.24) is 9.88 Å². The van der Waals surface area contributed by atoms with Crippen LogP contribution in [0.25, 0.3) is 16.3 Å². The van der Waals surface area contributed by atoms with Crippen LogP contribution in [0, 0.1) is 24.0 Å². The monoisotopic (exact) mass is 452 g/mol. The van der Waals surface area contributed by atoms with Gasteiger partial charge in [-0.25, -0.2) is 4.98 Å². The second kappa shape index (κ2) is 10.5. The fourth-order valence-electron chi connectivity index (χ4n) is 3.53. The maximum absolute atomic E-state index is 13.2. The Balaban J connectivity index is 1.88. The summed E-state index contributed by atoms with van der Waals surface area (Å²) in [6, 6.07) is 10.3. The number of likely N-dealkylation sites (N-methyl/N-ethyl adjacent to an activating group) is 1. The van der Waals surface area contributed by atoms with Crippen molar-refractivity contribution in [3.05, 3.63) is 69.3 Å². The number of anilines is 1. The molecule has 1 heterocycles. The van der Waals surface area contributed by atoms with Crippen molar-refractivity contribution in [2.75, 3.05) is 31.1 Å². The number of carbonyl (C=O) groups is 1. The van der Waals surface area contributed by atoms with Crippen molar-refractivity contribution < 1.29 is 9.72 Å². The maximum Gasteiger partial charge on any atom is 0.269 e. The molecular weight excluding hydrogens is 424 g/mol.